The zero-order chi connectivity index (χ0) is 20.9. The topological polar surface area (TPSA) is 113 Å². The molecule has 1 saturated heterocycles. The van der Waals surface area contributed by atoms with Crippen LogP contribution in [0.25, 0.3) is 0 Å². The summed E-state index contributed by atoms with van der Waals surface area (Å²) in [5.74, 6) is 0.645. The number of piperazine rings is 1. The summed E-state index contributed by atoms with van der Waals surface area (Å²) in [5, 5.41) is 14.9. The molecule has 9 nitrogen and oxygen atoms in total. The Bertz CT molecular complexity index is 863. The minimum absolute atomic E-state index is 0.0741. The fraction of sp³-hybridized carbons (Fsp3) is 0.524. The first kappa shape index (κ1) is 20.3. The molecule has 0 unspecified atom stereocenters. The van der Waals surface area contributed by atoms with Gasteiger partial charge < -0.3 is 16.0 Å². The van der Waals surface area contributed by atoms with Gasteiger partial charge in [0.05, 0.1) is 4.92 Å². The van der Waals surface area contributed by atoms with Crippen molar-refractivity contribution in [1.82, 2.24) is 14.9 Å². The second kappa shape index (κ2) is 9.25. The Kier molecular flexibility index (Phi) is 6.27. The molecule has 9 heteroatoms. The number of nitrogens with one attached hydrogen (secondary N) is 1. The molecule has 3 N–H and O–H groups in total. The first-order valence-corrected chi connectivity index (χ1v) is 10.7. The predicted molar refractivity (Wildman–Crippen MR) is 118 cm³/mol. The van der Waals surface area contributed by atoms with Gasteiger partial charge in [0, 0.05) is 38.8 Å². The van der Waals surface area contributed by atoms with E-state index in [1.165, 1.54) is 12.0 Å². The SMILES string of the molecule is Nc1nc(N2CCN(Cc3ccccc3)CC2)nc(NC2CCCCC2)c1[N+](=O)[O-]. The molecule has 1 aliphatic carbocycles. The number of nitrogen functional groups attached to an aromatic ring is 1. The number of nitrogens with zero attached hydrogens (tertiary/aromatic N) is 5. The lowest BCUT2D eigenvalue weighted by Gasteiger charge is -2.35. The minimum atomic E-state index is -0.484. The lowest BCUT2D eigenvalue weighted by atomic mass is 9.95. The number of benzene rings is 1. The van der Waals surface area contributed by atoms with Crippen molar-refractivity contribution in [3.63, 3.8) is 0 Å². The molecular formula is C21H29N7O2. The Hall–Kier alpha value is -2.94. The van der Waals surface area contributed by atoms with Crippen molar-refractivity contribution >= 4 is 23.3 Å². The van der Waals surface area contributed by atoms with Crippen molar-refractivity contribution < 1.29 is 4.92 Å². The molecule has 2 heterocycles. The number of anilines is 3. The molecule has 0 spiro atoms. The standard InChI is InChI=1S/C21H29N7O2/c22-19-18(28(29)30)20(23-17-9-5-2-6-10-17)25-21(24-19)27-13-11-26(12-14-27)15-16-7-3-1-4-8-16/h1,3-4,7-8,17H,2,5-6,9-15H2,(H3,22,23,24,25). The van der Waals surface area contributed by atoms with E-state index in [9.17, 15) is 10.1 Å². The molecule has 2 aliphatic rings. The molecule has 160 valence electrons. The van der Waals surface area contributed by atoms with E-state index in [0.29, 0.717) is 5.95 Å². The summed E-state index contributed by atoms with van der Waals surface area (Å²) < 4.78 is 0. The van der Waals surface area contributed by atoms with Crippen LogP contribution in [-0.2, 0) is 6.54 Å². The zero-order valence-electron chi connectivity index (χ0n) is 17.2. The van der Waals surface area contributed by atoms with Gasteiger partial charge in [-0.2, -0.15) is 9.97 Å². The van der Waals surface area contributed by atoms with Crippen molar-refractivity contribution in [1.29, 1.82) is 0 Å². The van der Waals surface area contributed by atoms with E-state index in [4.69, 9.17) is 5.73 Å². The Balaban J connectivity index is 1.46. The van der Waals surface area contributed by atoms with E-state index in [-0.39, 0.29) is 23.4 Å². The average molecular weight is 412 g/mol. The zero-order valence-corrected chi connectivity index (χ0v) is 17.2. The van der Waals surface area contributed by atoms with Gasteiger partial charge in [-0.05, 0) is 18.4 Å². The molecule has 1 aliphatic heterocycles. The van der Waals surface area contributed by atoms with Crippen LogP contribution < -0.4 is 16.0 Å². The van der Waals surface area contributed by atoms with Crippen molar-refractivity contribution in [2.75, 3.05) is 42.1 Å². The Morgan fingerprint density at radius 1 is 1.07 bits per heavy atom. The van der Waals surface area contributed by atoms with Crippen LogP contribution in [-0.4, -0.2) is 52.0 Å². The summed E-state index contributed by atoms with van der Waals surface area (Å²) in [6.07, 6.45) is 5.46. The summed E-state index contributed by atoms with van der Waals surface area (Å²) >= 11 is 0. The lowest BCUT2D eigenvalue weighted by molar-refractivity contribution is -0.383. The molecular weight excluding hydrogens is 382 g/mol. The van der Waals surface area contributed by atoms with Crippen molar-refractivity contribution in [3.8, 4) is 0 Å². The number of nitrogens with two attached hydrogens (primary N) is 1. The highest BCUT2D eigenvalue weighted by molar-refractivity contribution is 5.70. The van der Waals surface area contributed by atoms with Crippen molar-refractivity contribution in [2.45, 2.75) is 44.7 Å². The number of aromatic nitrogens is 2. The molecule has 2 aromatic rings. The minimum Gasteiger partial charge on any atom is -0.378 e. The van der Waals surface area contributed by atoms with E-state index in [1.807, 2.05) is 6.07 Å². The maximum Gasteiger partial charge on any atom is 0.353 e. The highest BCUT2D eigenvalue weighted by Gasteiger charge is 2.28. The third-order valence-electron chi connectivity index (χ3n) is 5.93. The summed E-state index contributed by atoms with van der Waals surface area (Å²) in [6.45, 7) is 4.17. The molecule has 1 aromatic carbocycles. The molecule has 0 amide bonds. The summed E-state index contributed by atoms with van der Waals surface area (Å²) in [4.78, 5) is 24.4. The van der Waals surface area contributed by atoms with Gasteiger partial charge in [-0.25, -0.2) is 0 Å². The summed E-state index contributed by atoms with van der Waals surface area (Å²) in [7, 11) is 0. The smallest absolute Gasteiger partial charge is 0.353 e. The third-order valence-corrected chi connectivity index (χ3v) is 5.93. The maximum absolute atomic E-state index is 11.6. The first-order chi connectivity index (χ1) is 14.6. The Labute approximate surface area is 176 Å². The monoisotopic (exact) mass is 411 g/mol. The Morgan fingerprint density at radius 3 is 2.43 bits per heavy atom. The fourth-order valence-corrected chi connectivity index (χ4v) is 4.27. The van der Waals surface area contributed by atoms with E-state index in [2.05, 4.69) is 49.4 Å². The van der Waals surface area contributed by atoms with Gasteiger partial charge in [-0.15, -0.1) is 0 Å². The van der Waals surface area contributed by atoms with Gasteiger partial charge in [0.2, 0.25) is 17.6 Å². The van der Waals surface area contributed by atoms with Gasteiger partial charge in [0.15, 0.2) is 0 Å². The van der Waals surface area contributed by atoms with Gasteiger partial charge in [-0.1, -0.05) is 49.6 Å². The van der Waals surface area contributed by atoms with Crippen LogP contribution in [0, 0.1) is 10.1 Å². The van der Waals surface area contributed by atoms with E-state index in [1.54, 1.807) is 0 Å². The lowest BCUT2D eigenvalue weighted by Crippen LogP contribution is -2.46. The van der Waals surface area contributed by atoms with Crippen LogP contribution in [0.15, 0.2) is 30.3 Å². The Morgan fingerprint density at radius 2 is 1.77 bits per heavy atom. The molecule has 30 heavy (non-hydrogen) atoms. The van der Waals surface area contributed by atoms with Crippen molar-refractivity contribution in [3.05, 3.63) is 46.0 Å². The molecule has 0 bridgehead atoms. The van der Waals surface area contributed by atoms with E-state index in [0.717, 1.165) is 58.4 Å². The average Bonchev–Trinajstić information content (AvgIpc) is 2.75. The summed E-state index contributed by atoms with van der Waals surface area (Å²) in [5.41, 5.74) is 7.07. The van der Waals surface area contributed by atoms with Gasteiger partial charge in [-0.3, -0.25) is 15.0 Å². The number of rotatable bonds is 6. The van der Waals surface area contributed by atoms with Crippen LogP contribution in [0.4, 0.5) is 23.3 Å². The number of hydrogen-bond donors (Lipinski definition) is 2. The van der Waals surface area contributed by atoms with Crippen LogP contribution in [0.3, 0.4) is 0 Å². The second-order valence-corrected chi connectivity index (χ2v) is 8.09. The summed E-state index contributed by atoms with van der Waals surface area (Å²) in [6, 6.07) is 10.6. The van der Waals surface area contributed by atoms with Crippen LogP contribution in [0.2, 0.25) is 0 Å². The molecule has 0 atom stereocenters. The molecule has 1 aromatic heterocycles. The third kappa shape index (κ3) is 4.79. The van der Waals surface area contributed by atoms with E-state index < -0.39 is 4.92 Å². The largest absolute Gasteiger partial charge is 0.378 e. The fourth-order valence-electron chi connectivity index (χ4n) is 4.27. The number of nitro groups is 1. The van der Waals surface area contributed by atoms with Crippen molar-refractivity contribution in [2.24, 2.45) is 0 Å². The van der Waals surface area contributed by atoms with E-state index >= 15 is 0 Å². The van der Waals surface area contributed by atoms with Crippen LogP contribution in [0.1, 0.15) is 37.7 Å². The molecule has 1 saturated carbocycles. The van der Waals surface area contributed by atoms with Crippen LogP contribution >= 0.6 is 0 Å². The molecule has 0 radical (unpaired) electrons. The normalized spacial score (nSPS) is 18.3. The maximum atomic E-state index is 11.6. The van der Waals surface area contributed by atoms with Crippen LogP contribution in [0.5, 0.6) is 0 Å². The first-order valence-electron chi connectivity index (χ1n) is 10.7. The molecule has 4 rings (SSSR count). The highest BCUT2D eigenvalue weighted by atomic mass is 16.6. The second-order valence-electron chi connectivity index (χ2n) is 8.09. The molecule has 2 fully saturated rings. The van der Waals surface area contributed by atoms with Gasteiger partial charge in [0.25, 0.3) is 0 Å². The predicted octanol–water partition coefficient (Wildman–Crippen LogP) is 3.03. The highest BCUT2D eigenvalue weighted by Crippen LogP contribution is 2.32. The quantitative estimate of drug-likeness (QED) is 0.551. The number of hydrogen-bond acceptors (Lipinski definition) is 8. The van der Waals surface area contributed by atoms with Gasteiger partial charge in [0.1, 0.15) is 0 Å². The van der Waals surface area contributed by atoms with Gasteiger partial charge >= 0.3 is 5.69 Å².